The van der Waals surface area contributed by atoms with Crippen molar-refractivity contribution in [1.29, 1.82) is 0 Å². The average Bonchev–Trinajstić information content (AvgIpc) is 2.47. The minimum atomic E-state index is -3.73. The molecule has 0 saturated heterocycles. The van der Waals surface area contributed by atoms with Crippen LogP contribution in [-0.4, -0.2) is 25.9 Å². The second kappa shape index (κ2) is 6.75. The van der Waals surface area contributed by atoms with Crippen LogP contribution in [0.15, 0.2) is 53.4 Å². The van der Waals surface area contributed by atoms with Crippen LogP contribution in [0.1, 0.15) is 22.8 Å². The van der Waals surface area contributed by atoms with Crippen molar-refractivity contribution in [3.05, 3.63) is 59.7 Å². The van der Waals surface area contributed by atoms with E-state index in [0.717, 1.165) is 5.56 Å². The Balaban J connectivity index is 2.16. The van der Waals surface area contributed by atoms with Gasteiger partial charge < -0.3 is 5.32 Å². The third-order valence-electron chi connectivity index (χ3n) is 3.23. The highest BCUT2D eigenvalue weighted by Gasteiger charge is 2.20. The first kappa shape index (κ1) is 16.9. The Bertz CT molecular complexity index is 822. The molecule has 6 heteroatoms. The molecule has 0 aromatic heterocycles. The molecule has 0 saturated carbocycles. The molecular formula is C17H17NO4S. The maximum Gasteiger partial charge on any atom is 0.221 e. The quantitative estimate of drug-likeness (QED) is 0.854. The van der Waals surface area contributed by atoms with Crippen molar-refractivity contribution in [3.8, 4) is 0 Å². The number of ketones is 1. The fraction of sp³-hybridized carbons (Fsp3) is 0.176. The summed E-state index contributed by atoms with van der Waals surface area (Å²) in [6.45, 7) is 3.26. The lowest BCUT2D eigenvalue weighted by molar-refractivity contribution is -0.114. The minimum Gasteiger partial charge on any atom is -0.326 e. The smallest absolute Gasteiger partial charge is 0.221 e. The molecule has 120 valence electrons. The fourth-order valence-corrected chi connectivity index (χ4v) is 3.26. The molecule has 0 aliphatic heterocycles. The Morgan fingerprint density at radius 2 is 1.52 bits per heavy atom. The zero-order valence-corrected chi connectivity index (χ0v) is 13.7. The molecule has 0 fully saturated rings. The zero-order chi connectivity index (χ0) is 17.0. The van der Waals surface area contributed by atoms with Gasteiger partial charge in [-0.05, 0) is 31.2 Å². The van der Waals surface area contributed by atoms with Gasteiger partial charge in [-0.3, -0.25) is 9.59 Å². The lowest BCUT2D eigenvalue weighted by Crippen LogP contribution is -2.16. The van der Waals surface area contributed by atoms with Crippen LogP contribution in [0.4, 0.5) is 5.69 Å². The van der Waals surface area contributed by atoms with Gasteiger partial charge in [0.15, 0.2) is 15.6 Å². The second-order valence-corrected chi connectivity index (χ2v) is 7.24. The normalized spacial score (nSPS) is 11.0. The number of rotatable bonds is 5. The molecule has 0 heterocycles. The molecule has 1 amide bonds. The number of hydrogen-bond donors (Lipinski definition) is 1. The lowest BCUT2D eigenvalue weighted by Gasteiger charge is -2.06. The molecule has 2 aromatic rings. The molecular weight excluding hydrogens is 314 g/mol. The van der Waals surface area contributed by atoms with E-state index >= 15 is 0 Å². The highest BCUT2D eigenvalue weighted by atomic mass is 32.2. The molecule has 0 atom stereocenters. The standard InChI is InChI=1S/C17H17NO4S/c1-12-3-5-14(6-4-12)17(20)11-23(21,22)16-9-7-15(8-10-16)18-13(2)19/h3-10H,11H2,1-2H3,(H,18,19). The van der Waals surface area contributed by atoms with Gasteiger partial charge in [-0.15, -0.1) is 0 Å². The van der Waals surface area contributed by atoms with Crippen molar-refractivity contribution in [2.45, 2.75) is 18.7 Å². The van der Waals surface area contributed by atoms with Gasteiger partial charge in [-0.2, -0.15) is 0 Å². The number of hydrogen-bond acceptors (Lipinski definition) is 4. The average molecular weight is 331 g/mol. The predicted octanol–water partition coefficient (Wildman–Crippen LogP) is 2.61. The number of nitrogens with one attached hydrogen (secondary N) is 1. The highest BCUT2D eigenvalue weighted by molar-refractivity contribution is 7.92. The van der Waals surface area contributed by atoms with Crippen LogP contribution in [0, 0.1) is 6.92 Å². The van der Waals surface area contributed by atoms with E-state index in [9.17, 15) is 18.0 Å². The van der Waals surface area contributed by atoms with E-state index in [1.54, 1.807) is 24.3 Å². The van der Waals surface area contributed by atoms with Gasteiger partial charge in [0.1, 0.15) is 5.75 Å². The van der Waals surface area contributed by atoms with Crippen LogP contribution in [0.25, 0.3) is 0 Å². The summed E-state index contributed by atoms with van der Waals surface area (Å²) in [6.07, 6.45) is 0. The Kier molecular flexibility index (Phi) is 4.95. The summed E-state index contributed by atoms with van der Waals surface area (Å²) in [5, 5.41) is 2.55. The number of amides is 1. The molecule has 2 aromatic carbocycles. The first-order valence-electron chi connectivity index (χ1n) is 6.98. The molecule has 2 rings (SSSR count). The monoisotopic (exact) mass is 331 g/mol. The number of Topliss-reactive ketones (excluding diaryl/α,β-unsaturated/α-hetero) is 1. The summed E-state index contributed by atoms with van der Waals surface area (Å²) in [5.41, 5.74) is 1.87. The first-order chi connectivity index (χ1) is 10.8. The van der Waals surface area contributed by atoms with E-state index in [0.29, 0.717) is 11.3 Å². The van der Waals surface area contributed by atoms with E-state index in [-0.39, 0.29) is 10.8 Å². The number of sulfone groups is 1. The number of carbonyl (C=O) groups excluding carboxylic acids is 2. The van der Waals surface area contributed by atoms with Crippen molar-refractivity contribution in [2.75, 3.05) is 11.1 Å². The van der Waals surface area contributed by atoms with Gasteiger partial charge in [-0.25, -0.2) is 8.42 Å². The molecule has 0 spiro atoms. The first-order valence-corrected chi connectivity index (χ1v) is 8.63. The van der Waals surface area contributed by atoms with E-state index in [2.05, 4.69) is 5.32 Å². The van der Waals surface area contributed by atoms with Gasteiger partial charge in [0, 0.05) is 18.2 Å². The molecule has 1 N–H and O–H groups in total. The zero-order valence-electron chi connectivity index (χ0n) is 12.9. The summed E-state index contributed by atoms with van der Waals surface area (Å²) in [5.74, 6) is -1.28. The van der Waals surface area contributed by atoms with Crippen molar-refractivity contribution in [1.82, 2.24) is 0 Å². The third-order valence-corrected chi connectivity index (χ3v) is 4.86. The van der Waals surface area contributed by atoms with Gasteiger partial charge in [0.25, 0.3) is 0 Å². The van der Waals surface area contributed by atoms with Crippen LogP contribution < -0.4 is 5.32 Å². The predicted molar refractivity (Wildman–Crippen MR) is 88.3 cm³/mol. The summed E-state index contributed by atoms with van der Waals surface area (Å²) in [7, 11) is -3.73. The second-order valence-electron chi connectivity index (χ2n) is 5.25. The van der Waals surface area contributed by atoms with Crippen molar-refractivity contribution in [2.24, 2.45) is 0 Å². The summed E-state index contributed by atoms with van der Waals surface area (Å²) in [4.78, 5) is 23.1. The van der Waals surface area contributed by atoms with Gasteiger partial charge in [0.05, 0.1) is 4.90 Å². The molecule has 5 nitrogen and oxygen atoms in total. The summed E-state index contributed by atoms with van der Waals surface area (Å²) >= 11 is 0. The van der Waals surface area contributed by atoms with Crippen LogP contribution in [0.3, 0.4) is 0 Å². The van der Waals surface area contributed by atoms with Crippen LogP contribution >= 0.6 is 0 Å². The third kappa shape index (κ3) is 4.50. The summed E-state index contributed by atoms with van der Waals surface area (Å²) in [6, 6.07) is 12.5. The fourth-order valence-electron chi connectivity index (χ4n) is 2.03. The maximum absolute atomic E-state index is 12.3. The Labute approximate surface area is 135 Å². The van der Waals surface area contributed by atoms with Crippen LogP contribution in [-0.2, 0) is 14.6 Å². The lowest BCUT2D eigenvalue weighted by atomic mass is 10.1. The van der Waals surface area contributed by atoms with Crippen molar-refractivity contribution in [3.63, 3.8) is 0 Å². The molecule has 23 heavy (non-hydrogen) atoms. The molecule has 0 radical (unpaired) electrons. The van der Waals surface area contributed by atoms with E-state index in [4.69, 9.17) is 0 Å². The van der Waals surface area contributed by atoms with E-state index < -0.39 is 21.4 Å². The number of anilines is 1. The molecule has 0 aliphatic rings. The van der Waals surface area contributed by atoms with Gasteiger partial charge in [0.2, 0.25) is 5.91 Å². The van der Waals surface area contributed by atoms with Crippen LogP contribution in [0.5, 0.6) is 0 Å². The highest BCUT2D eigenvalue weighted by Crippen LogP contribution is 2.17. The Hall–Kier alpha value is -2.47. The van der Waals surface area contributed by atoms with Gasteiger partial charge >= 0.3 is 0 Å². The maximum atomic E-state index is 12.3. The van der Waals surface area contributed by atoms with Crippen LogP contribution in [0.2, 0.25) is 0 Å². The Morgan fingerprint density at radius 3 is 2.04 bits per heavy atom. The molecule has 0 aliphatic carbocycles. The number of benzene rings is 2. The topological polar surface area (TPSA) is 80.3 Å². The number of aryl methyl sites for hydroxylation is 1. The van der Waals surface area contributed by atoms with E-state index in [1.807, 2.05) is 6.92 Å². The summed E-state index contributed by atoms with van der Waals surface area (Å²) < 4.78 is 24.6. The SMILES string of the molecule is CC(=O)Nc1ccc(S(=O)(=O)CC(=O)c2ccc(C)cc2)cc1. The Morgan fingerprint density at radius 1 is 0.957 bits per heavy atom. The minimum absolute atomic E-state index is 0.0482. The van der Waals surface area contributed by atoms with Crippen molar-refractivity contribution < 1.29 is 18.0 Å². The molecule has 0 bridgehead atoms. The largest absolute Gasteiger partial charge is 0.326 e. The van der Waals surface area contributed by atoms with Gasteiger partial charge in [-0.1, -0.05) is 29.8 Å². The van der Waals surface area contributed by atoms with Crippen molar-refractivity contribution >= 4 is 27.2 Å². The van der Waals surface area contributed by atoms with E-state index in [1.165, 1.54) is 31.2 Å². The number of carbonyl (C=O) groups is 2. The molecule has 0 unspecified atom stereocenters.